The first kappa shape index (κ1) is 18.3. The Morgan fingerprint density at radius 1 is 1.08 bits per heavy atom. The third-order valence-corrected chi connectivity index (χ3v) is 5.19. The molecule has 0 unspecified atom stereocenters. The Hall–Kier alpha value is -2.05. The minimum atomic E-state index is -3.95. The summed E-state index contributed by atoms with van der Waals surface area (Å²) in [4.78, 5) is 11.3. The molecule has 128 valence electrons. The van der Waals surface area contributed by atoms with Gasteiger partial charge in [0.2, 0.25) is 0 Å². The van der Waals surface area contributed by atoms with E-state index in [4.69, 9.17) is 11.6 Å². The van der Waals surface area contributed by atoms with Crippen LogP contribution in [0.25, 0.3) is 0 Å². The minimum absolute atomic E-state index is 0.0183. The van der Waals surface area contributed by atoms with E-state index >= 15 is 0 Å². The number of anilines is 1. The number of carbonyl (C=O) groups is 1. The summed E-state index contributed by atoms with van der Waals surface area (Å²) in [6, 6.07) is 10.6. The smallest absolute Gasteiger partial charge is 0.337 e. The van der Waals surface area contributed by atoms with Gasteiger partial charge >= 0.3 is 5.97 Å². The fraction of sp³-hybridized carbons (Fsp3) is 0.235. The van der Waals surface area contributed by atoms with Gasteiger partial charge < -0.3 is 5.11 Å². The third-order valence-electron chi connectivity index (χ3n) is 3.51. The quantitative estimate of drug-likeness (QED) is 0.850. The average Bonchev–Trinajstić information content (AvgIpc) is 2.48. The number of hydrogen-bond donors (Lipinski definition) is 2. The first-order valence-corrected chi connectivity index (χ1v) is 9.03. The van der Waals surface area contributed by atoms with Gasteiger partial charge in [0.05, 0.1) is 21.2 Å². The van der Waals surface area contributed by atoms with Crippen molar-refractivity contribution in [2.24, 2.45) is 0 Å². The van der Waals surface area contributed by atoms with E-state index in [0.717, 1.165) is 5.56 Å². The zero-order valence-corrected chi connectivity index (χ0v) is 15.1. The number of hydrogen-bond acceptors (Lipinski definition) is 3. The van der Waals surface area contributed by atoms with Crippen molar-refractivity contribution >= 4 is 33.3 Å². The largest absolute Gasteiger partial charge is 0.478 e. The normalized spacial score (nSPS) is 12.0. The Morgan fingerprint density at radius 3 is 2.17 bits per heavy atom. The highest BCUT2D eigenvalue weighted by Crippen LogP contribution is 2.29. The summed E-state index contributed by atoms with van der Waals surface area (Å²) in [6.07, 6.45) is 0. The van der Waals surface area contributed by atoms with Gasteiger partial charge in [0.1, 0.15) is 0 Å². The summed E-state index contributed by atoms with van der Waals surface area (Å²) in [5, 5.41) is 9.21. The maximum absolute atomic E-state index is 12.5. The van der Waals surface area contributed by atoms with Crippen molar-refractivity contribution in [2.75, 3.05) is 4.72 Å². The molecule has 0 radical (unpaired) electrons. The van der Waals surface area contributed by atoms with Crippen LogP contribution in [0.2, 0.25) is 5.02 Å². The van der Waals surface area contributed by atoms with Gasteiger partial charge in [-0.2, -0.15) is 0 Å². The molecule has 7 heteroatoms. The van der Waals surface area contributed by atoms with E-state index in [9.17, 15) is 18.3 Å². The molecule has 0 saturated heterocycles. The second-order valence-corrected chi connectivity index (χ2v) is 8.44. The minimum Gasteiger partial charge on any atom is -0.478 e. The van der Waals surface area contributed by atoms with Crippen LogP contribution in [-0.2, 0) is 15.4 Å². The summed E-state index contributed by atoms with van der Waals surface area (Å²) in [5.74, 6) is -1.27. The molecule has 0 atom stereocenters. The fourth-order valence-electron chi connectivity index (χ4n) is 2.13. The summed E-state index contributed by atoms with van der Waals surface area (Å²) in [5.41, 5.74) is 0.531. The van der Waals surface area contributed by atoms with Gasteiger partial charge in [0.25, 0.3) is 10.0 Å². The lowest BCUT2D eigenvalue weighted by Crippen LogP contribution is -2.17. The fourth-order valence-corrected chi connectivity index (χ4v) is 3.51. The van der Waals surface area contributed by atoms with Gasteiger partial charge in [0.15, 0.2) is 0 Å². The molecule has 2 rings (SSSR count). The van der Waals surface area contributed by atoms with Crippen molar-refractivity contribution in [2.45, 2.75) is 31.1 Å². The lowest BCUT2D eigenvalue weighted by atomic mass is 9.87. The molecule has 0 aliphatic carbocycles. The predicted molar refractivity (Wildman–Crippen MR) is 94.4 cm³/mol. The lowest BCUT2D eigenvalue weighted by Gasteiger charge is -2.19. The highest BCUT2D eigenvalue weighted by molar-refractivity contribution is 7.92. The van der Waals surface area contributed by atoms with E-state index < -0.39 is 16.0 Å². The summed E-state index contributed by atoms with van der Waals surface area (Å²) < 4.78 is 27.3. The third kappa shape index (κ3) is 3.88. The zero-order valence-electron chi connectivity index (χ0n) is 13.5. The highest BCUT2D eigenvalue weighted by atomic mass is 35.5. The molecule has 2 N–H and O–H groups in total. The molecule has 0 spiro atoms. The van der Waals surface area contributed by atoms with Crippen molar-refractivity contribution < 1.29 is 18.3 Å². The number of carboxylic acid groups (broad SMARTS) is 1. The number of sulfonamides is 1. The second-order valence-electron chi connectivity index (χ2n) is 6.35. The van der Waals surface area contributed by atoms with Gasteiger partial charge in [-0.1, -0.05) is 50.6 Å². The average molecular weight is 368 g/mol. The summed E-state index contributed by atoms with van der Waals surface area (Å²) >= 11 is 5.96. The van der Waals surface area contributed by atoms with Gasteiger partial charge in [-0.15, -0.1) is 0 Å². The Labute approximate surface area is 146 Å². The standard InChI is InChI=1S/C17H18ClNO4S/c1-17(2,3)11-7-9-12(10-8-11)24(22,23)19-15-13(16(20)21)5-4-6-14(15)18/h4-10,19H,1-3H3,(H,20,21). The first-order chi connectivity index (χ1) is 11.0. The van der Waals surface area contributed by atoms with Crippen LogP contribution in [0.5, 0.6) is 0 Å². The Balaban J connectivity index is 2.41. The van der Waals surface area contributed by atoms with E-state index in [1.54, 1.807) is 12.1 Å². The Kier molecular flexibility index (Phi) is 4.92. The van der Waals surface area contributed by atoms with Crippen LogP contribution in [0.3, 0.4) is 0 Å². The van der Waals surface area contributed by atoms with Crippen molar-refractivity contribution in [3.63, 3.8) is 0 Å². The topological polar surface area (TPSA) is 83.5 Å². The molecular weight excluding hydrogens is 350 g/mol. The molecule has 0 bridgehead atoms. The molecule has 0 saturated carbocycles. The van der Waals surface area contributed by atoms with Crippen LogP contribution >= 0.6 is 11.6 Å². The number of carboxylic acids is 1. The summed E-state index contributed by atoms with van der Waals surface area (Å²) in [7, 11) is -3.95. The number of rotatable bonds is 4. The van der Waals surface area contributed by atoms with E-state index in [1.165, 1.54) is 30.3 Å². The van der Waals surface area contributed by atoms with Crippen molar-refractivity contribution in [3.05, 3.63) is 58.6 Å². The van der Waals surface area contributed by atoms with Crippen molar-refractivity contribution in [1.82, 2.24) is 0 Å². The monoisotopic (exact) mass is 367 g/mol. The van der Waals surface area contributed by atoms with Crippen LogP contribution in [0.4, 0.5) is 5.69 Å². The van der Waals surface area contributed by atoms with Crippen molar-refractivity contribution in [3.8, 4) is 0 Å². The Bertz CT molecular complexity index is 868. The molecule has 0 aliphatic rings. The van der Waals surface area contributed by atoms with Crippen LogP contribution in [0.15, 0.2) is 47.4 Å². The molecule has 2 aromatic rings. The molecule has 24 heavy (non-hydrogen) atoms. The van der Waals surface area contributed by atoms with E-state index in [0.29, 0.717) is 0 Å². The highest BCUT2D eigenvalue weighted by Gasteiger charge is 2.21. The molecule has 2 aromatic carbocycles. The van der Waals surface area contributed by atoms with Gasteiger partial charge in [0, 0.05) is 0 Å². The number of aromatic carboxylic acids is 1. The lowest BCUT2D eigenvalue weighted by molar-refractivity contribution is 0.0698. The molecular formula is C17H18ClNO4S. The summed E-state index contributed by atoms with van der Waals surface area (Å²) in [6.45, 7) is 6.08. The van der Waals surface area contributed by atoms with Crippen LogP contribution < -0.4 is 4.72 Å². The van der Waals surface area contributed by atoms with Gasteiger partial charge in [-0.25, -0.2) is 13.2 Å². The van der Waals surface area contributed by atoms with Crippen LogP contribution in [0, 0.1) is 0 Å². The second kappa shape index (κ2) is 6.45. The van der Waals surface area contributed by atoms with Crippen LogP contribution in [-0.4, -0.2) is 19.5 Å². The molecule has 0 heterocycles. The molecule has 0 amide bonds. The first-order valence-electron chi connectivity index (χ1n) is 7.17. The van der Waals surface area contributed by atoms with E-state index in [-0.39, 0.29) is 26.6 Å². The number of benzene rings is 2. The number of para-hydroxylation sites is 1. The van der Waals surface area contributed by atoms with E-state index in [2.05, 4.69) is 4.72 Å². The predicted octanol–water partition coefficient (Wildman–Crippen LogP) is 4.14. The molecule has 0 fully saturated rings. The maximum atomic E-state index is 12.5. The molecule has 0 aliphatic heterocycles. The van der Waals surface area contributed by atoms with Crippen LogP contribution in [0.1, 0.15) is 36.7 Å². The Morgan fingerprint density at radius 2 is 1.67 bits per heavy atom. The maximum Gasteiger partial charge on any atom is 0.337 e. The molecule has 5 nitrogen and oxygen atoms in total. The SMILES string of the molecule is CC(C)(C)c1ccc(S(=O)(=O)Nc2c(Cl)cccc2C(=O)O)cc1. The van der Waals surface area contributed by atoms with Crippen molar-refractivity contribution in [1.29, 1.82) is 0 Å². The molecule has 0 aromatic heterocycles. The number of nitrogens with one attached hydrogen (secondary N) is 1. The zero-order chi connectivity index (χ0) is 18.1. The van der Waals surface area contributed by atoms with Gasteiger partial charge in [-0.3, -0.25) is 4.72 Å². The van der Waals surface area contributed by atoms with Gasteiger partial charge in [-0.05, 0) is 35.2 Å². The number of halogens is 1. The van der Waals surface area contributed by atoms with E-state index in [1.807, 2.05) is 20.8 Å².